The van der Waals surface area contributed by atoms with E-state index in [9.17, 15) is 5.11 Å². The van der Waals surface area contributed by atoms with Crippen LogP contribution in [0.25, 0.3) is 0 Å². The summed E-state index contributed by atoms with van der Waals surface area (Å²) in [5.74, 6) is 1.25. The second-order valence-electron chi connectivity index (χ2n) is 6.52. The van der Waals surface area contributed by atoms with Crippen LogP contribution in [0, 0.1) is 0 Å². The lowest BCUT2D eigenvalue weighted by Crippen LogP contribution is -2.52. The number of hydrogen-bond acceptors (Lipinski definition) is 5. The van der Waals surface area contributed by atoms with Gasteiger partial charge in [0, 0.05) is 25.2 Å². The number of aliphatic hydroxyl groups excluding tert-OH is 1. The molecule has 1 aromatic rings. The number of guanidine groups is 1. The van der Waals surface area contributed by atoms with Gasteiger partial charge in [-0.05, 0) is 32.9 Å². The first kappa shape index (κ1) is 18.8. The maximum atomic E-state index is 10.1. The van der Waals surface area contributed by atoms with Gasteiger partial charge >= 0.3 is 0 Å². The van der Waals surface area contributed by atoms with Gasteiger partial charge in [0.2, 0.25) is 0 Å². The summed E-state index contributed by atoms with van der Waals surface area (Å²) in [6.07, 6.45) is 0.860. The number of aliphatic hydroxyl groups is 1. The van der Waals surface area contributed by atoms with Crippen LogP contribution in [-0.4, -0.2) is 67.4 Å². The minimum Gasteiger partial charge on any atom is -0.467 e. The zero-order valence-corrected chi connectivity index (χ0v) is 14.9. The zero-order valence-electron chi connectivity index (χ0n) is 14.9. The van der Waals surface area contributed by atoms with Crippen LogP contribution in [0.1, 0.15) is 32.6 Å². The SMILES string of the molecule is CCNC(=NCC(C)(C)N1CCOCC1)NCC(O)c1ccco1. The Bertz CT molecular complexity index is 496. The molecule has 1 unspecified atom stereocenters. The van der Waals surface area contributed by atoms with E-state index in [0.717, 1.165) is 32.8 Å². The fraction of sp³-hybridized carbons (Fsp3) is 0.706. The molecule has 0 saturated carbocycles. The van der Waals surface area contributed by atoms with Crippen LogP contribution in [0.2, 0.25) is 0 Å². The van der Waals surface area contributed by atoms with Gasteiger partial charge in [-0.3, -0.25) is 9.89 Å². The molecule has 0 spiro atoms. The molecule has 0 aromatic carbocycles. The first-order valence-corrected chi connectivity index (χ1v) is 8.59. The number of rotatable bonds is 7. The standard InChI is InChI=1S/C17H30N4O3/c1-4-18-16(19-12-14(22)15-6-5-9-24-15)20-13-17(2,3)21-7-10-23-11-8-21/h5-6,9,14,22H,4,7-8,10-13H2,1-3H3,(H2,18,19,20). The van der Waals surface area contributed by atoms with Crippen molar-refractivity contribution in [2.45, 2.75) is 32.4 Å². The highest BCUT2D eigenvalue weighted by atomic mass is 16.5. The van der Waals surface area contributed by atoms with Gasteiger partial charge < -0.3 is 24.9 Å². The van der Waals surface area contributed by atoms with Crippen LogP contribution in [-0.2, 0) is 4.74 Å². The molecule has 7 nitrogen and oxygen atoms in total. The van der Waals surface area contributed by atoms with Gasteiger partial charge in [-0.1, -0.05) is 0 Å². The molecule has 1 aliphatic rings. The van der Waals surface area contributed by atoms with E-state index in [1.165, 1.54) is 0 Å². The van der Waals surface area contributed by atoms with E-state index in [4.69, 9.17) is 9.15 Å². The average molecular weight is 338 g/mol. The molecule has 7 heteroatoms. The number of hydrogen-bond donors (Lipinski definition) is 3. The van der Waals surface area contributed by atoms with Crippen molar-refractivity contribution in [1.29, 1.82) is 0 Å². The first-order chi connectivity index (χ1) is 11.5. The third kappa shape index (κ3) is 5.51. The summed E-state index contributed by atoms with van der Waals surface area (Å²) in [6.45, 7) is 11.6. The molecule has 136 valence electrons. The Balaban J connectivity index is 1.89. The Morgan fingerprint density at radius 1 is 1.38 bits per heavy atom. The number of ether oxygens (including phenoxy) is 1. The van der Waals surface area contributed by atoms with Crippen molar-refractivity contribution in [3.63, 3.8) is 0 Å². The van der Waals surface area contributed by atoms with Gasteiger partial charge in [0.1, 0.15) is 11.9 Å². The molecule has 1 atom stereocenters. The van der Waals surface area contributed by atoms with Gasteiger partial charge in [0.05, 0.1) is 32.6 Å². The molecule has 2 rings (SSSR count). The predicted molar refractivity (Wildman–Crippen MR) is 94.1 cm³/mol. The highest BCUT2D eigenvalue weighted by Gasteiger charge is 2.28. The van der Waals surface area contributed by atoms with Crippen molar-refractivity contribution < 1.29 is 14.3 Å². The molecule has 1 saturated heterocycles. The van der Waals surface area contributed by atoms with Gasteiger partial charge in [-0.25, -0.2) is 0 Å². The van der Waals surface area contributed by atoms with Gasteiger partial charge in [0.25, 0.3) is 0 Å². The van der Waals surface area contributed by atoms with E-state index < -0.39 is 6.10 Å². The largest absolute Gasteiger partial charge is 0.467 e. The van der Waals surface area contributed by atoms with E-state index in [0.29, 0.717) is 24.8 Å². The van der Waals surface area contributed by atoms with Crippen molar-refractivity contribution >= 4 is 5.96 Å². The van der Waals surface area contributed by atoms with Crippen LogP contribution in [0.5, 0.6) is 0 Å². The fourth-order valence-electron chi connectivity index (χ4n) is 2.66. The molecular formula is C17H30N4O3. The topological polar surface area (TPSA) is 82.3 Å². The monoisotopic (exact) mass is 338 g/mol. The Kier molecular flexibility index (Phi) is 7.08. The summed E-state index contributed by atoms with van der Waals surface area (Å²) in [7, 11) is 0. The summed E-state index contributed by atoms with van der Waals surface area (Å²) < 4.78 is 10.6. The molecule has 3 N–H and O–H groups in total. The van der Waals surface area contributed by atoms with Gasteiger partial charge in [-0.2, -0.15) is 0 Å². The van der Waals surface area contributed by atoms with Gasteiger partial charge in [0.15, 0.2) is 5.96 Å². The van der Waals surface area contributed by atoms with E-state index in [1.54, 1.807) is 18.4 Å². The van der Waals surface area contributed by atoms with E-state index in [2.05, 4.69) is 34.4 Å². The maximum absolute atomic E-state index is 10.1. The number of aliphatic imine (C=N–C) groups is 1. The second kappa shape index (κ2) is 9.05. The Morgan fingerprint density at radius 2 is 2.12 bits per heavy atom. The summed E-state index contributed by atoms with van der Waals surface area (Å²) >= 11 is 0. The minimum atomic E-state index is -0.698. The molecular weight excluding hydrogens is 308 g/mol. The van der Waals surface area contributed by atoms with Crippen molar-refractivity contribution in [2.24, 2.45) is 4.99 Å². The third-order valence-electron chi connectivity index (χ3n) is 4.17. The predicted octanol–water partition coefficient (Wildman–Crippen LogP) is 0.979. The number of furan rings is 1. The third-order valence-corrected chi connectivity index (χ3v) is 4.17. The molecule has 0 bridgehead atoms. The summed E-state index contributed by atoms with van der Waals surface area (Å²) in [5, 5.41) is 16.5. The molecule has 24 heavy (non-hydrogen) atoms. The van der Waals surface area contributed by atoms with Crippen LogP contribution >= 0.6 is 0 Å². The maximum Gasteiger partial charge on any atom is 0.191 e. The Labute approximate surface area is 144 Å². The molecule has 2 heterocycles. The van der Waals surface area contributed by atoms with Crippen LogP contribution in [0.15, 0.2) is 27.8 Å². The molecule has 0 amide bonds. The molecule has 1 aromatic heterocycles. The van der Waals surface area contributed by atoms with Crippen molar-refractivity contribution in [3.8, 4) is 0 Å². The molecule has 0 aliphatic carbocycles. The highest BCUT2D eigenvalue weighted by molar-refractivity contribution is 5.79. The lowest BCUT2D eigenvalue weighted by atomic mass is 10.0. The van der Waals surface area contributed by atoms with Crippen molar-refractivity contribution in [2.75, 3.05) is 45.9 Å². The Morgan fingerprint density at radius 3 is 2.75 bits per heavy atom. The lowest BCUT2D eigenvalue weighted by molar-refractivity contribution is -0.00684. The van der Waals surface area contributed by atoms with Crippen LogP contribution < -0.4 is 10.6 Å². The molecule has 1 fully saturated rings. The number of nitrogens with zero attached hydrogens (tertiary/aromatic N) is 2. The normalized spacial score (nSPS) is 18.4. The Hall–Kier alpha value is -1.57. The van der Waals surface area contributed by atoms with E-state index in [-0.39, 0.29) is 5.54 Å². The average Bonchev–Trinajstić information content (AvgIpc) is 3.12. The zero-order chi connectivity index (χ0) is 17.4. The molecule has 0 radical (unpaired) electrons. The van der Waals surface area contributed by atoms with Gasteiger partial charge in [-0.15, -0.1) is 0 Å². The molecule has 1 aliphatic heterocycles. The fourth-order valence-corrected chi connectivity index (χ4v) is 2.66. The second-order valence-corrected chi connectivity index (χ2v) is 6.52. The van der Waals surface area contributed by atoms with E-state index >= 15 is 0 Å². The number of morpholine rings is 1. The highest BCUT2D eigenvalue weighted by Crippen LogP contribution is 2.16. The summed E-state index contributed by atoms with van der Waals surface area (Å²) in [6, 6.07) is 3.53. The first-order valence-electron chi connectivity index (χ1n) is 8.59. The van der Waals surface area contributed by atoms with E-state index in [1.807, 2.05) is 6.92 Å². The smallest absolute Gasteiger partial charge is 0.191 e. The minimum absolute atomic E-state index is 0.0360. The van der Waals surface area contributed by atoms with Crippen molar-refractivity contribution in [1.82, 2.24) is 15.5 Å². The quantitative estimate of drug-likeness (QED) is 0.508. The van der Waals surface area contributed by atoms with Crippen LogP contribution in [0.4, 0.5) is 0 Å². The number of nitrogens with one attached hydrogen (secondary N) is 2. The summed E-state index contributed by atoms with van der Waals surface area (Å²) in [4.78, 5) is 7.09. The lowest BCUT2D eigenvalue weighted by Gasteiger charge is -2.39. The van der Waals surface area contributed by atoms with Crippen molar-refractivity contribution in [3.05, 3.63) is 24.2 Å². The van der Waals surface area contributed by atoms with Crippen LogP contribution in [0.3, 0.4) is 0 Å². The summed E-state index contributed by atoms with van der Waals surface area (Å²) in [5.41, 5.74) is -0.0360.